The number of benzene rings is 3. The van der Waals surface area contributed by atoms with Gasteiger partial charge in [-0.05, 0) is 34.7 Å². The molecule has 0 aliphatic heterocycles. The first-order valence-corrected chi connectivity index (χ1v) is 7.86. The molecule has 1 aliphatic rings. The van der Waals surface area contributed by atoms with E-state index in [9.17, 15) is 5.11 Å². The molecule has 4 rings (SSSR count). The highest BCUT2D eigenvalue weighted by Gasteiger charge is 2.37. The van der Waals surface area contributed by atoms with Gasteiger partial charge in [-0.3, -0.25) is 0 Å². The van der Waals surface area contributed by atoms with Crippen molar-refractivity contribution in [3.8, 4) is 0 Å². The molecule has 112 valence electrons. The fourth-order valence-corrected chi connectivity index (χ4v) is 3.37. The molecular weight excluding hydrogens is 280 g/mol. The minimum absolute atomic E-state index is 0.895. The van der Waals surface area contributed by atoms with E-state index >= 15 is 0 Å². The third kappa shape index (κ3) is 2.13. The third-order valence-electron chi connectivity index (χ3n) is 4.61. The zero-order chi connectivity index (χ0) is 15.9. The molecule has 0 amide bonds. The van der Waals surface area contributed by atoms with Crippen LogP contribution in [0, 0.1) is 6.92 Å². The largest absolute Gasteiger partial charge is 0.376 e. The van der Waals surface area contributed by atoms with Crippen molar-refractivity contribution in [1.29, 1.82) is 0 Å². The SMILES string of the molecule is Cc1ccc(C2(O)c3ccccc3C=Cc3ccccc32)cc1. The highest BCUT2D eigenvalue weighted by molar-refractivity contribution is 5.78. The first-order valence-electron chi connectivity index (χ1n) is 7.86. The van der Waals surface area contributed by atoms with Gasteiger partial charge < -0.3 is 5.11 Å². The molecule has 0 heterocycles. The van der Waals surface area contributed by atoms with Crippen LogP contribution < -0.4 is 0 Å². The molecule has 0 atom stereocenters. The molecule has 3 aromatic carbocycles. The summed E-state index contributed by atoms with van der Waals surface area (Å²) in [5.41, 5.74) is 4.87. The monoisotopic (exact) mass is 298 g/mol. The van der Waals surface area contributed by atoms with E-state index in [1.807, 2.05) is 48.5 Å². The highest BCUT2D eigenvalue weighted by atomic mass is 16.3. The summed E-state index contributed by atoms with van der Waals surface area (Å²) in [6.45, 7) is 2.06. The minimum Gasteiger partial charge on any atom is -0.376 e. The van der Waals surface area contributed by atoms with E-state index < -0.39 is 5.60 Å². The van der Waals surface area contributed by atoms with E-state index in [-0.39, 0.29) is 0 Å². The van der Waals surface area contributed by atoms with E-state index in [0.717, 1.165) is 27.8 Å². The van der Waals surface area contributed by atoms with Crippen molar-refractivity contribution in [3.05, 3.63) is 106 Å². The first-order chi connectivity index (χ1) is 11.2. The average molecular weight is 298 g/mol. The lowest BCUT2D eigenvalue weighted by Gasteiger charge is -2.31. The molecule has 0 saturated carbocycles. The minimum atomic E-state index is -1.15. The Morgan fingerprint density at radius 2 is 1.13 bits per heavy atom. The number of hydrogen-bond acceptors (Lipinski definition) is 1. The van der Waals surface area contributed by atoms with Gasteiger partial charge in [-0.1, -0.05) is 90.5 Å². The van der Waals surface area contributed by atoms with Crippen LogP contribution in [0.2, 0.25) is 0 Å². The summed E-state index contributed by atoms with van der Waals surface area (Å²) >= 11 is 0. The van der Waals surface area contributed by atoms with Gasteiger partial charge in [0.05, 0.1) is 0 Å². The molecule has 1 nitrogen and oxygen atoms in total. The summed E-state index contributed by atoms with van der Waals surface area (Å²) in [5, 5.41) is 11.9. The van der Waals surface area contributed by atoms with Gasteiger partial charge in [0.2, 0.25) is 0 Å². The first kappa shape index (κ1) is 14.0. The summed E-state index contributed by atoms with van der Waals surface area (Å²) in [6, 6.07) is 24.3. The lowest BCUT2D eigenvalue weighted by Crippen LogP contribution is -2.30. The van der Waals surface area contributed by atoms with Crippen molar-refractivity contribution in [2.24, 2.45) is 0 Å². The van der Waals surface area contributed by atoms with Crippen LogP contribution in [0.5, 0.6) is 0 Å². The Hall–Kier alpha value is -2.64. The van der Waals surface area contributed by atoms with E-state index in [4.69, 9.17) is 0 Å². The molecule has 0 unspecified atom stereocenters. The molecule has 23 heavy (non-hydrogen) atoms. The van der Waals surface area contributed by atoms with Crippen molar-refractivity contribution in [2.75, 3.05) is 0 Å². The maximum Gasteiger partial charge on any atom is 0.141 e. The van der Waals surface area contributed by atoms with E-state index in [1.54, 1.807) is 0 Å². The Labute approximate surface area is 136 Å². The Bertz CT molecular complexity index is 838. The molecule has 1 N–H and O–H groups in total. The maximum absolute atomic E-state index is 11.9. The van der Waals surface area contributed by atoms with Crippen molar-refractivity contribution in [2.45, 2.75) is 12.5 Å². The van der Waals surface area contributed by atoms with Crippen LogP contribution in [-0.2, 0) is 5.60 Å². The van der Waals surface area contributed by atoms with Crippen LogP contribution in [0.15, 0.2) is 72.8 Å². The summed E-state index contributed by atoms with van der Waals surface area (Å²) in [4.78, 5) is 0. The van der Waals surface area contributed by atoms with Gasteiger partial charge in [0, 0.05) is 0 Å². The lowest BCUT2D eigenvalue weighted by atomic mass is 9.78. The Kier molecular flexibility index (Phi) is 3.17. The molecule has 0 spiro atoms. The number of aliphatic hydroxyl groups is 1. The quantitative estimate of drug-likeness (QED) is 0.686. The summed E-state index contributed by atoms with van der Waals surface area (Å²) in [5.74, 6) is 0. The fourth-order valence-electron chi connectivity index (χ4n) is 3.37. The average Bonchev–Trinajstić information content (AvgIpc) is 2.72. The molecule has 0 saturated heterocycles. The molecule has 0 fully saturated rings. The fraction of sp³-hybridized carbons (Fsp3) is 0.0909. The predicted octanol–water partition coefficient (Wildman–Crippen LogP) is 4.76. The van der Waals surface area contributed by atoms with Gasteiger partial charge >= 0.3 is 0 Å². The number of hydrogen-bond donors (Lipinski definition) is 1. The van der Waals surface area contributed by atoms with Crippen molar-refractivity contribution in [3.63, 3.8) is 0 Å². The van der Waals surface area contributed by atoms with Crippen molar-refractivity contribution < 1.29 is 5.11 Å². The lowest BCUT2D eigenvalue weighted by molar-refractivity contribution is 0.125. The zero-order valence-corrected chi connectivity index (χ0v) is 13.0. The van der Waals surface area contributed by atoms with Crippen LogP contribution in [0.4, 0.5) is 0 Å². The summed E-state index contributed by atoms with van der Waals surface area (Å²) < 4.78 is 0. The second-order valence-corrected chi connectivity index (χ2v) is 6.08. The molecule has 1 aliphatic carbocycles. The normalized spacial score (nSPS) is 14.7. The van der Waals surface area contributed by atoms with Gasteiger partial charge in [0.15, 0.2) is 0 Å². The van der Waals surface area contributed by atoms with Crippen LogP contribution in [0.3, 0.4) is 0 Å². The second kappa shape index (κ2) is 5.22. The number of rotatable bonds is 1. The molecular formula is C22H18O. The highest BCUT2D eigenvalue weighted by Crippen LogP contribution is 2.42. The molecule has 1 heteroatoms. The van der Waals surface area contributed by atoms with E-state index in [1.165, 1.54) is 5.56 Å². The standard InChI is InChI=1S/C22H18O/c1-16-10-14-19(15-11-16)22(23)20-8-4-2-6-17(20)12-13-18-7-3-5-9-21(18)22/h2-15,23H,1H3. The molecule has 3 aromatic rings. The molecule has 0 radical (unpaired) electrons. The predicted molar refractivity (Wildman–Crippen MR) is 95.1 cm³/mol. The van der Waals surface area contributed by atoms with Gasteiger partial charge in [0.1, 0.15) is 5.60 Å². The second-order valence-electron chi connectivity index (χ2n) is 6.08. The molecule has 0 bridgehead atoms. The van der Waals surface area contributed by atoms with Gasteiger partial charge in [-0.15, -0.1) is 0 Å². The van der Waals surface area contributed by atoms with Gasteiger partial charge in [-0.25, -0.2) is 0 Å². The number of aryl methyl sites for hydroxylation is 1. The van der Waals surface area contributed by atoms with Gasteiger partial charge in [-0.2, -0.15) is 0 Å². The zero-order valence-electron chi connectivity index (χ0n) is 13.0. The van der Waals surface area contributed by atoms with Crippen LogP contribution >= 0.6 is 0 Å². The summed E-state index contributed by atoms with van der Waals surface area (Å²) in [7, 11) is 0. The van der Waals surface area contributed by atoms with Crippen LogP contribution in [-0.4, -0.2) is 5.11 Å². The maximum atomic E-state index is 11.9. The van der Waals surface area contributed by atoms with Crippen molar-refractivity contribution in [1.82, 2.24) is 0 Å². The van der Waals surface area contributed by atoms with Crippen LogP contribution in [0.25, 0.3) is 12.2 Å². The summed E-state index contributed by atoms with van der Waals surface area (Å²) in [6.07, 6.45) is 4.17. The third-order valence-corrected chi connectivity index (χ3v) is 4.61. The van der Waals surface area contributed by atoms with Crippen LogP contribution in [0.1, 0.15) is 33.4 Å². The smallest absolute Gasteiger partial charge is 0.141 e. The number of fused-ring (bicyclic) bond motifs is 2. The molecule has 0 aromatic heterocycles. The van der Waals surface area contributed by atoms with E-state index in [0.29, 0.717) is 0 Å². The van der Waals surface area contributed by atoms with E-state index in [2.05, 4.69) is 43.3 Å². The van der Waals surface area contributed by atoms with Gasteiger partial charge in [0.25, 0.3) is 0 Å². The Morgan fingerprint density at radius 1 is 0.652 bits per heavy atom. The Balaban J connectivity index is 2.08. The Morgan fingerprint density at radius 3 is 1.65 bits per heavy atom. The topological polar surface area (TPSA) is 20.2 Å². The van der Waals surface area contributed by atoms with Crippen molar-refractivity contribution >= 4 is 12.2 Å².